The Morgan fingerprint density at radius 3 is 2.00 bits per heavy atom. The van der Waals surface area contributed by atoms with Gasteiger partial charge in [-0.2, -0.15) is 4.31 Å². The summed E-state index contributed by atoms with van der Waals surface area (Å²) in [5.41, 5.74) is 0.249. The highest BCUT2D eigenvalue weighted by Crippen LogP contribution is 2.24. The van der Waals surface area contributed by atoms with Crippen LogP contribution in [0, 0.1) is 0 Å². The summed E-state index contributed by atoms with van der Waals surface area (Å²) >= 11 is 5.92. The topological polar surface area (TPSA) is 83.6 Å². The van der Waals surface area contributed by atoms with Crippen LogP contribution in [0.5, 0.6) is 0 Å². The summed E-state index contributed by atoms with van der Waals surface area (Å²) in [6.45, 7) is 4.24. The summed E-state index contributed by atoms with van der Waals surface area (Å²) in [6.07, 6.45) is 0. The second kappa shape index (κ2) is 7.74. The number of nitrogens with one attached hydrogen (secondary N) is 1. The molecule has 0 aliphatic heterocycles. The fraction of sp³-hybridized carbons (Fsp3) is 0.250. The van der Waals surface area contributed by atoms with E-state index in [1.54, 1.807) is 26.0 Å². The van der Waals surface area contributed by atoms with Gasteiger partial charge in [0.1, 0.15) is 4.90 Å². The van der Waals surface area contributed by atoms with Crippen molar-refractivity contribution in [2.24, 2.45) is 0 Å². The second-order valence-corrected chi connectivity index (χ2v) is 9.15. The number of hydrogen-bond donors (Lipinski definition) is 1. The number of rotatable bonds is 7. The summed E-state index contributed by atoms with van der Waals surface area (Å²) in [4.78, 5) is 0.0633. The molecule has 0 aliphatic rings. The van der Waals surface area contributed by atoms with Crippen LogP contribution in [-0.2, 0) is 20.0 Å². The van der Waals surface area contributed by atoms with Crippen molar-refractivity contribution in [1.29, 1.82) is 0 Å². The van der Waals surface area contributed by atoms with Crippen molar-refractivity contribution in [3.63, 3.8) is 0 Å². The maximum atomic E-state index is 12.4. The molecule has 136 valence electrons. The molecule has 0 fully saturated rings. The molecule has 0 saturated heterocycles. The molecule has 2 aromatic carbocycles. The van der Waals surface area contributed by atoms with Crippen LogP contribution < -0.4 is 4.72 Å². The first-order chi connectivity index (χ1) is 11.7. The van der Waals surface area contributed by atoms with Crippen LogP contribution in [0.15, 0.2) is 58.3 Å². The minimum Gasteiger partial charge on any atom is -0.280 e. The van der Waals surface area contributed by atoms with Crippen molar-refractivity contribution in [1.82, 2.24) is 4.31 Å². The maximum absolute atomic E-state index is 12.4. The van der Waals surface area contributed by atoms with Gasteiger partial charge in [0.05, 0.1) is 9.92 Å². The average Bonchev–Trinajstić information content (AvgIpc) is 2.56. The predicted molar refractivity (Wildman–Crippen MR) is 98.8 cm³/mol. The number of nitrogens with zero attached hydrogens (tertiary/aromatic N) is 1. The quantitative estimate of drug-likeness (QED) is 0.770. The van der Waals surface area contributed by atoms with Crippen molar-refractivity contribution in [3.8, 4) is 0 Å². The van der Waals surface area contributed by atoms with Gasteiger partial charge in [-0.3, -0.25) is 4.72 Å². The van der Waals surface area contributed by atoms with Crippen LogP contribution in [0.4, 0.5) is 5.69 Å². The molecule has 25 heavy (non-hydrogen) atoms. The first kappa shape index (κ1) is 19.7. The number of benzene rings is 2. The lowest BCUT2D eigenvalue weighted by molar-refractivity contribution is 0.445. The third-order valence-electron chi connectivity index (χ3n) is 3.58. The van der Waals surface area contributed by atoms with Gasteiger partial charge in [0.15, 0.2) is 0 Å². The zero-order valence-corrected chi connectivity index (χ0v) is 16.2. The van der Waals surface area contributed by atoms with Gasteiger partial charge in [-0.15, -0.1) is 0 Å². The number of anilines is 1. The lowest BCUT2D eigenvalue weighted by Gasteiger charge is -2.18. The highest BCUT2D eigenvalue weighted by Gasteiger charge is 2.22. The van der Waals surface area contributed by atoms with Crippen LogP contribution in [-0.4, -0.2) is 34.2 Å². The van der Waals surface area contributed by atoms with E-state index in [-0.39, 0.29) is 20.5 Å². The number of hydrogen-bond acceptors (Lipinski definition) is 4. The van der Waals surface area contributed by atoms with Crippen molar-refractivity contribution in [2.75, 3.05) is 17.8 Å². The Balaban J connectivity index is 2.28. The van der Waals surface area contributed by atoms with Crippen molar-refractivity contribution in [3.05, 3.63) is 53.6 Å². The summed E-state index contributed by atoms with van der Waals surface area (Å²) < 4.78 is 53.3. The van der Waals surface area contributed by atoms with Crippen LogP contribution in [0.3, 0.4) is 0 Å². The maximum Gasteiger partial charge on any atom is 0.263 e. The fourth-order valence-electron chi connectivity index (χ4n) is 2.28. The molecule has 0 radical (unpaired) electrons. The highest BCUT2D eigenvalue weighted by atomic mass is 35.5. The molecular formula is C16H19ClN2O4S2. The van der Waals surface area contributed by atoms with Crippen LogP contribution >= 0.6 is 11.6 Å². The molecule has 0 amide bonds. The van der Waals surface area contributed by atoms with E-state index in [9.17, 15) is 16.8 Å². The van der Waals surface area contributed by atoms with E-state index < -0.39 is 20.0 Å². The van der Waals surface area contributed by atoms with Gasteiger partial charge in [0.2, 0.25) is 10.0 Å². The van der Waals surface area contributed by atoms with Crippen LogP contribution in [0.1, 0.15) is 13.8 Å². The monoisotopic (exact) mass is 402 g/mol. The molecule has 0 aromatic heterocycles. The van der Waals surface area contributed by atoms with Gasteiger partial charge in [-0.05, 0) is 36.4 Å². The van der Waals surface area contributed by atoms with E-state index in [1.807, 2.05) is 0 Å². The average molecular weight is 403 g/mol. The molecule has 0 saturated carbocycles. The summed E-state index contributed by atoms with van der Waals surface area (Å²) in [7, 11) is -7.45. The fourth-order valence-corrected chi connectivity index (χ4v) is 5.32. The zero-order valence-electron chi connectivity index (χ0n) is 13.8. The predicted octanol–water partition coefficient (Wildman–Crippen LogP) is 3.17. The molecule has 2 rings (SSSR count). The minimum absolute atomic E-state index is 0.0449. The summed E-state index contributed by atoms with van der Waals surface area (Å²) in [5, 5.41) is 0.107. The van der Waals surface area contributed by atoms with E-state index in [2.05, 4.69) is 4.72 Å². The van der Waals surface area contributed by atoms with E-state index in [0.29, 0.717) is 13.1 Å². The normalized spacial score (nSPS) is 12.3. The second-order valence-electron chi connectivity index (χ2n) is 5.15. The number of halogens is 1. The summed E-state index contributed by atoms with van der Waals surface area (Å²) in [5.74, 6) is 0. The standard InChI is InChI=1S/C16H19ClN2O4S2/c1-3-19(4-2)25(22,23)14-11-9-13(10-12-14)18-24(20,21)16-8-6-5-7-15(16)17/h5-12,18H,3-4H2,1-2H3. The van der Waals surface area contributed by atoms with Crippen LogP contribution in [0.2, 0.25) is 5.02 Å². The largest absolute Gasteiger partial charge is 0.280 e. The molecule has 0 heterocycles. The lowest BCUT2D eigenvalue weighted by Crippen LogP contribution is -2.30. The van der Waals surface area contributed by atoms with E-state index in [4.69, 9.17) is 11.6 Å². The Hall–Kier alpha value is -1.61. The number of sulfonamides is 2. The third-order valence-corrected chi connectivity index (χ3v) is 7.52. The van der Waals surface area contributed by atoms with Gasteiger partial charge in [-0.25, -0.2) is 16.8 Å². The Kier molecular flexibility index (Phi) is 6.10. The molecule has 0 atom stereocenters. The molecule has 0 aliphatic carbocycles. The first-order valence-corrected chi connectivity index (χ1v) is 10.9. The third kappa shape index (κ3) is 4.33. The molecule has 0 unspecified atom stereocenters. The lowest BCUT2D eigenvalue weighted by atomic mass is 10.3. The van der Waals surface area contributed by atoms with E-state index >= 15 is 0 Å². The van der Waals surface area contributed by atoms with Crippen LogP contribution in [0.25, 0.3) is 0 Å². The van der Waals surface area contributed by atoms with E-state index in [1.165, 1.54) is 40.7 Å². The minimum atomic E-state index is -3.86. The molecule has 0 bridgehead atoms. The molecular weight excluding hydrogens is 384 g/mol. The molecule has 9 heteroatoms. The van der Waals surface area contributed by atoms with Gasteiger partial charge in [-0.1, -0.05) is 37.6 Å². The Morgan fingerprint density at radius 1 is 0.920 bits per heavy atom. The highest BCUT2D eigenvalue weighted by molar-refractivity contribution is 7.92. The van der Waals surface area contributed by atoms with Gasteiger partial charge < -0.3 is 0 Å². The van der Waals surface area contributed by atoms with Crippen molar-refractivity contribution in [2.45, 2.75) is 23.6 Å². The van der Waals surface area contributed by atoms with E-state index in [0.717, 1.165) is 0 Å². The van der Waals surface area contributed by atoms with Gasteiger partial charge >= 0.3 is 0 Å². The Labute approximate surface area is 153 Å². The van der Waals surface area contributed by atoms with Crippen molar-refractivity contribution >= 4 is 37.3 Å². The van der Waals surface area contributed by atoms with Crippen molar-refractivity contribution < 1.29 is 16.8 Å². The molecule has 2 aromatic rings. The molecule has 0 spiro atoms. The zero-order chi connectivity index (χ0) is 18.7. The Bertz CT molecular complexity index is 938. The van der Waals surface area contributed by atoms with Gasteiger partial charge in [0.25, 0.3) is 10.0 Å². The SMILES string of the molecule is CCN(CC)S(=O)(=O)c1ccc(NS(=O)(=O)c2ccccc2Cl)cc1. The Morgan fingerprint density at radius 2 is 1.48 bits per heavy atom. The molecule has 1 N–H and O–H groups in total. The first-order valence-electron chi connectivity index (χ1n) is 7.60. The van der Waals surface area contributed by atoms with Gasteiger partial charge in [0, 0.05) is 18.8 Å². The molecule has 6 nitrogen and oxygen atoms in total. The smallest absolute Gasteiger partial charge is 0.263 e. The summed E-state index contributed by atoms with van der Waals surface area (Å²) in [6, 6.07) is 11.6.